The van der Waals surface area contributed by atoms with Gasteiger partial charge in [0.25, 0.3) is 0 Å². The Bertz CT molecular complexity index is 2170. The minimum atomic E-state index is -2.24. The number of aliphatic carboxylic acids is 2. The normalized spacial score (nSPS) is 50.2. The SMILES string of the molecule is C[C@H](CSCC1O[C@@H]2O[C@@H]3CO[C@@H](O[C@@H]4C(CO)O[C@@H](O[C@@H]5C(CSC[C@@H](N)C(=O)O)O[C@@H](O[C@@H]6C(CO)O[C@H](O[C@@H]7C(CO)O[C@H](O[C@@H]8C(CO)O[C@H](O[C@H]1[C@H](O)C2O)C(O)[C@H]8O)[C@@H](O)C7O)C(O)C6O)[C@@H](O)C5O)[C@@H](O)C4O)C(O)[C@H]3O)C(=O)O. The van der Waals surface area contributed by atoms with E-state index in [2.05, 4.69) is 0 Å². The van der Waals surface area contributed by atoms with Crippen molar-refractivity contribution >= 4 is 35.5 Å². The summed E-state index contributed by atoms with van der Waals surface area (Å²) in [6.07, 6.45) is -67.2. The van der Waals surface area contributed by atoms with Crippen LogP contribution in [-0.2, 0) is 75.9 Å². The fourth-order valence-corrected chi connectivity index (χ4v) is 13.1. The van der Waals surface area contributed by atoms with E-state index < -0.39 is 266 Å². The predicted octanol–water partition coefficient (Wildman–Crippen LogP) is -13.0. The molecule has 37 nitrogen and oxygen atoms in total. The van der Waals surface area contributed by atoms with Gasteiger partial charge in [-0.1, -0.05) is 6.92 Å². The van der Waals surface area contributed by atoms with E-state index in [0.29, 0.717) is 0 Å². The molecule has 0 aromatic rings. The van der Waals surface area contributed by atoms with E-state index in [0.717, 1.165) is 23.5 Å². The first-order valence-electron chi connectivity index (χ1n) is 27.7. The highest BCUT2D eigenvalue weighted by Crippen LogP contribution is 2.39. The summed E-state index contributed by atoms with van der Waals surface area (Å²) in [5.74, 6) is -4.50. The summed E-state index contributed by atoms with van der Waals surface area (Å²) in [7, 11) is 0. The molecule has 14 unspecified atom stereocenters. The molecular weight excluding hydrogens is 1230 g/mol. The molecule has 0 spiro atoms. The maximum Gasteiger partial charge on any atom is 0.321 e. The molecule has 0 saturated carbocycles. The largest absolute Gasteiger partial charge is 0.481 e. The highest BCUT2D eigenvalue weighted by atomic mass is 32.2. The Morgan fingerprint density at radius 3 is 0.931 bits per heavy atom. The van der Waals surface area contributed by atoms with Crippen molar-refractivity contribution in [2.45, 2.75) is 222 Å². The summed E-state index contributed by atoms with van der Waals surface area (Å²) in [4.78, 5) is 23.3. The Morgan fingerprint density at radius 1 is 0.368 bits per heavy atom. The van der Waals surface area contributed by atoms with Crippen molar-refractivity contribution < 1.29 is 178 Å². The Balaban J connectivity index is 1.09. The molecule has 0 radical (unpaired) electrons. The van der Waals surface area contributed by atoms with Crippen molar-refractivity contribution in [3.8, 4) is 0 Å². The van der Waals surface area contributed by atoms with Gasteiger partial charge in [0, 0.05) is 23.0 Å². The van der Waals surface area contributed by atoms with Gasteiger partial charge >= 0.3 is 11.9 Å². The zero-order valence-electron chi connectivity index (χ0n) is 46.0. The van der Waals surface area contributed by atoms with Gasteiger partial charge in [-0.15, -0.1) is 0 Å². The molecular formula is C48H79NO36S2. The molecule has 0 aliphatic carbocycles. The summed E-state index contributed by atoms with van der Waals surface area (Å²) in [5, 5.41) is 222. The second kappa shape index (κ2) is 31.0. The molecule has 39 heteroatoms. The van der Waals surface area contributed by atoms with Gasteiger partial charge in [0.2, 0.25) is 0 Å². The number of aliphatic hydroxyl groups excluding tert-OH is 18. The second-order valence-corrected chi connectivity index (χ2v) is 24.2. The Kier molecular flexibility index (Phi) is 25.4. The van der Waals surface area contributed by atoms with E-state index in [4.69, 9.17) is 72.0 Å². The zero-order valence-corrected chi connectivity index (χ0v) is 47.7. The molecule has 22 N–H and O–H groups in total. The number of carboxylic acid groups (broad SMARTS) is 2. The van der Waals surface area contributed by atoms with E-state index in [1.54, 1.807) is 0 Å². The topological polar surface area (TPSA) is 594 Å². The number of thioether (sulfide) groups is 2. The third-order valence-electron chi connectivity index (χ3n) is 16.0. The summed E-state index contributed by atoms with van der Waals surface area (Å²) < 4.78 is 81.6. The monoisotopic (exact) mass is 1310 g/mol. The van der Waals surface area contributed by atoms with Gasteiger partial charge in [0.05, 0.1) is 51.2 Å². The molecule has 0 aromatic heterocycles. The third-order valence-corrected chi connectivity index (χ3v) is 18.5. The first kappa shape index (κ1) is 71.2. The van der Waals surface area contributed by atoms with Crippen LogP contribution in [0.25, 0.3) is 0 Å². The standard InChI is InChI=1S/C48H79NO36S2/c1-11(40(68)69)7-86-9-18-38-25(59)28(62)43(78-18)77-17-6-72-42(27(61)20(17)54)80-34-13(2-50)73-46(29(63)21(34)55)85-39-19(10-87-8-12(49)41(70)71)79-48(33(67)26(39)60)83-37-16(5-53)75-45(31(65)23(37)57)81-35-14(3-51)74-44(30(64)22(35)56)82-36-15(4-52)76-47(84-38)32(66)24(36)58/h11-39,42-48,50-67H,2-10,49H2,1H3,(H,68,69)(H,70,71)/t11-,12-,13?,14?,15?,16?,17-,18?,19?,20+,21?,22?,23?,24-,25-,26?,27?,28?,29+,30+,31?,32?,33+,34-,35-,36-,37-,38-,39-,42+,43+,44-,45-,46+,47-,48+/m1/s1. The average molecular weight is 1310 g/mol. The van der Waals surface area contributed by atoms with Crippen molar-refractivity contribution in [3.63, 3.8) is 0 Å². The zero-order chi connectivity index (χ0) is 63.6. The first-order chi connectivity index (χ1) is 41.2. The van der Waals surface area contributed by atoms with Crippen LogP contribution in [0.3, 0.4) is 0 Å². The fraction of sp³-hybridized carbons (Fsp3) is 0.958. The summed E-state index contributed by atoms with van der Waals surface area (Å²) in [5.41, 5.74) is 5.70. The van der Waals surface area contributed by atoms with Crippen molar-refractivity contribution in [2.75, 3.05) is 56.0 Å². The van der Waals surface area contributed by atoms with Crippen molar-refractivity contribution in [1.29, 1.82) is 0 Å². The van der Waals surface area contributed by atoms with Crippen LogP contribution in [0.15, 0.2) is 0 Å². The number of hydrogen-bond acceptors (Lipinski definition) is 37. The smallest absolute Gasteiger partial charge is 0.321 e. The van der Waals surface area contributed by atoms with Gasteiger partial charge in [0.1, 0.15) is 159 Å². The van der Waals surface area contributed by atoms with Gasteiger partial charge < -0.3 is 174 Å². The number of carboxylic acids is 2. The lowest BCUT2D eigenvalue weighted by Crippen LogP contribution is -2.68. The number of rotatable bonds is 14. The van der Waals surface area contributed by atoms with Crippen LogP contribution < -0.4 is 5.73 Å². The quantitative estimate of drug-likeness (QED) is 0.0768. The Labute approximate surface area is 501 Å². The number of hydrogen-bond donors (Lipinski definition) is 21. The third kappa shape index (κ3) is 15.6. The molecule has 0 aromatic carbocycles. The Hall–Kier alpha value is -1.68. The van der Waals surface area contributed by atoms with Gasteiger partial charge in [-0.25, -0.2) is 0 Å². The van der Waals surface area contributed by atoms with Crippen molar-refractivity contribution in [2.24, 2.45) is 11.7 Å². The van der Waals surface area contributed by atoms with Gasteiger partial charge in [-0.3, -0.25) is 9.59 Å². The molecule has 21 heterocycles. The number of nitrogens with two attached hydrogens (primary N) is 1. The molecule has 87 heavy (non-hydrogen) atoms. The van der Waals surface area contributed by atoms with Gasteiger partial charge in [-0.05, 0) is 0 Å². The van der Waals surface area contributed by atoms with Crippen LogP contribution >= 0.6 is 23.5 Å². The molecule has 21 saturated heterocycles. The highest BCUT2D eigenvalue weighted by molar-refractivity contribution is 7.99. The van der Waals surface area contributed by atoms with Gasteiger partial charge in [0.15, 0.2) is 44.0 Å². The molecule has 21 fully saturated rings. The van der Waals surface area contributed by atoms with Gasteiger partial charge in [-0.2, -0.15) is 23.5 Å². The van der Waals surface area contributed by atoms with Crippen LogP contribution in [0.5, 0.6) is 0 Å². The number of carbonyl (C=O) groups is 2. The van der Waals surface area contributed by atoms with E-state index in [-0.39, 0.29) is 23.0 Å². The molecule has 14 bridgehead atoms. The van der Waals surface area contributed by atoms with Crippen LogP contribution in [-0.4, -0.2) is 385 Å². The number of aliphatic hydroxyl groups is 18. The van der Waals surface area contributed by atoms with E-state index in [9.17, 15) is 112 Å². The fourth-order valence-electron chi connectivity index (χ4n) is 10.9. The second-order valence-electron chi connectivity index (χ2n) is 22.1. The predicted molar refractivity (Wildman–Crippen MR) is 275 cm³/mol. The number of ether oxygens (including phenoxy) is 14. The minimum Gasteiger partial charge on any atom is -0.481 e. The van der Waals surface area contributed by atoms with Crippen LogP contribution in [0, 0.1) is 5.92 Å². The molecule has 21 rings (SSSR count). The van der Waals surface area contributed by atoms with Crippen LogP contribution in [0.4, 0.5) is 0 Å². The Morgan fingerprint density at radius 2 is 0.632 bits per heavy atom. The first-order valence-corrected chi connectivity index (χ1v) is 30.0. The van der Waals surface area contributed by atoms with Crippen LogP contribution in [0.1, 0.15) is 6.92 Å². The maximum absolute atomic E-state index is 11.7. The molecule has 21 aliphatic rings. The lowest BCUT2D eigenvalue weighted by molar-refractivity contribution is -0.395. The van der Waals surface area contributed by atoms with E-state index in [1.807, 2.05) is 0 Å². The summed E-state index contributed by atoms with van der Waals surface area (Å²) >= 11 is 1.78. The lowest BCUT2D eigenvalue weighted by atomic mass is 9.95. The van der Waals surface area contributed by atoms with Crippen molar-refractivity contribution in [3.05, 3.63) is 0 Å². The molecule has 36 atom stereocenters. The minimum absolute atomic E-state index is 0.0616. The van der Waals surface area contributed by atoms with Crippen LogP contribution in [0.2, 0.25) is 0 Å². The summed E-state index contributed by atoms with van der Waals surface area (Å²) in [6, 6.07) is -1.45. The molecule has 504 valence electrons. The maximum atomic E-state index is 11.7. The average Bonchev–Trinajstić information content (AvgIpc) is 1.23. The lowest BCUT2D eigenvalue weighted by Gasteiger charge is -2.50. The van der Waals surface area contributed by atoms with E-state index >= 15 is 0 Å². The molecule has 0 amide bonds. The highest BCUT2D eigenvalue weighted by Gasteiger charge is 2.59. The summed E-state index contributed by atoms with van der Waals surface area (Å²) in [6.45, 7) is -3.54. The van der Waals surface area contributed by atoms with Crippen molar-refractivity contribution in [1.82, 2.24) is 0 Å². The van der Waals surface area contributed by atoms with E-state index in [1.165, 1.54) is 6.92 Å². The molecule has 21 aliphatic heterocycles.